The van der Waals surface area contributed by atoms with Gasteiger partial charge in [-0.05, 0) is 77.6 Å². The second-order valence-electron chi connectivity index (χ2n) is 28.5. The molecule has 34 heteroatoms. The Morgan fingerprint density at radius 2 is 1.11 bits per heavy atom. The molecule has 3 saturated carbocycles. The van der Waals surface area contributed by atoms with Crippen LogP contribution in [0.4, 0.5) is 31.4 Å². The number of nitrogens with zero attached hydrogens (tertiary/aromatic N) is 5. The number of anilines is 3. The van der Waals surface area contributed by atoms with Crippen LogP contribution in [-0.4, -0.2) is 234 Å². The molecule has 0 radical (unpaired) electrons. The first-order valence-electron chi connectivity index (χ1n) is 36.9. The van der Waals surface area contributed by atoms with Crippen molar-refractivity contribution in [1.29, 1.82) is 0 Å². The van der Waals surface area contributed by atoms with Crippen LogP contribution in [0.5, 0.6) is 11.5 Å². The van der Waals surface area contributed by atoms with Gasteiger partial charge in [0.1, 0.15) is 18.1 Å². The maximum atomic E-state index is 15.0. The highest BCUT2D eigenvalue weighted by atomic mass is 35.5. The molecule has 0 saturated heterocycles. The van der Waals surface area contributed by atoms with Gasteiger partial charge in [-0.25, -0.2) is 18.9 Å². The van der Waals surface area contributed by atoms with Gasteiger partial charge in [0.15, 0.2) is 5.78 Å². The van der Waals surface area contributed by atoms with E-state index in [0.717, 1.165) is 21.4 Å². The SMILES string of the molecule is CC(C)[C@H](NC(=O)CCOCCOCCOCCOCCOCCOCCN1C(=O)C=CC1=O)C(=O)C[C@@H](CCCNC(N)=O)C(=O)Nc1ccc(COC(=O)N(C)CCN(C)C(=O)Oc2cc3c(c4ccccc24)[C@H](CCl)CN3C(=O)C23CC(C(=O)N4C[C@@H](CCl)c5c4cc(OP(=O)(O)O)c4ccccc54)(C2)C3)cc1. The molecule has 2 bridgehead atoms. The number of hydrogen-bond donors (Lipinski definition) is 6. The van der Waals surface area contributed by atoms with E-state index in [1.807, 2.05) is 30.3 Å². The van der Waals surface area contributed by atoms with Crippen LogP contribution in [0.15, 0.2) is 97.1 Å². The van der Waals surface area contributed by atoms with Crippen LogP contribution in [0.25, 0.3) is 21.5 Å². The number of ketones is 1. The Kier molecular flexibility index (Phi) is 29.8. The summed E-state index contributed by atoms with van der Waals surface area (Å²) < 4.78 is 62.0. The molecule has 111 heavy (non-hydrogen) atoms. The van der Waals surface area contributed by atoms with Gasteiger partial charge in [-0.2, -0.15) is 0 Å². The van der Waals surface area contributed by atoms with Crippen molar-refractivity contribution < 1.29 is 105 Å². The van der Waals surface area contributed by atoms with Crippen molar-refractivity contribution in [2.75, 3.05) is 160 Å². The Balaban J connectivity index is 0.630. The monoisotopic (exact) mass is 1600 g/mol. The Hall–Kier alpha value is -8.85. The molecule has 3 fully saturated rings. The number of likely N-dealkylation sites (N-methyl/N-ethyl adjacent to an activating group) is 2. The van der Waals surface area contributed by atoms with Crippen molar-refractivity contribution in [2.24, 2.45) is 28.4 Å². The largest absolute Gasteiger partial charge is 0.524 e. The molecule has 11 rings (SSSR count). The number of urea groups is 1. The number of phosphoric ester groups is 1. The third-order valence-electron chi connectivity index (χ3n) is 20.3. The first kappa shape index (κ1) is 84.6. The maximum absolute atomic E-state index is 15.0. The number of phosphoric acid groups is 1. The van der Waals surface area contributed by atoms with E-state index in [-0.39, 0.29) is 181 Å². The topological polar surface area (TPSA) is 390 Å². The number of fused-ring (bicyclic) bond motifs is 6. The van der Waals surface area contributed by atoms with Gasteiger partial charge in [-0.3, -0.25) is 48.2 Å². The number of ether oxygens (including phenoxy) is 8. The van der Waals surface area contributed by atoms with E-state index in [2.05, 4.69) is 16.0 Å². The molecule has 5 aromatic carbocycles. The van der Waals surface area contributed by atoms with Gasteiger partial charge in [0.25, 0.3) is 11.8 Å². The summed E-state index contributed by atoms with van der Waals surface area (Å²) >= 11 is 13.2. The molecule has 10 amide bonds. The predicted molar refractivity (Wildman–Crippen MR) is 410 cm³/mol. The van der Waals surface area contributed by atoms with E-state index >= 15 is 0 Å². The molecule has 6 aliphatic rings. The lowest BCUT2D eigenvalue weighted by atomic mass is 9.34. The predicted octanol–water partition coefficient (Wildman–Crippen LogP) is 7.89. The zero-order chi connectivity index (χ0) is 79.6. The van der Waals surface area contributed by atoms with Crippen LogP contribution >= 0.6 is 31.0 Å². The zero-order valence-corrected chi connectivity index (χ0v) is 64.9. The highest BCUT2D eigenvalue weighted by Gasteiger charge is 2.76. The normalized spacial score (nSPS) is 18.6. The fraction of sp³-hybridized carbons (Fsp3) is 0.506. The lowest BCUT2D eigenvalue weighted by Gasteiger charge is -2.69. The van der Waals surface area contributed by atoms with Crippen molar-refractivity contribution in [3.63, 3.8) is 0 Å². The minimum Gasteiger partial charge on any atom is -0.445 e. The maximum Gasteiger partial charge on any atom is 0.524 e. The summed E-state index contributed by atoms with van der Waals surface area (Å²) in [6.45, 7) is 7.85. The van der Waals surface area contributed by atoms with Gasteiger partial charge < -0.3 is 83.7 Å². The van der Waals surface area contributed by atoms with Gasteiger partial charge in [0.05, 0.1) is 114 Å². The summed E-state index contributed by atoms with van der Waals surface area (Å²) in [5.41, 5.74) is 7.14. The molecule has 0 spiro atoms. The Morgan fingerprint density at radius 1 is 0.640 bits per heavy atom. The van der Waals surface area contributed by atoms with Crippen LogP contribution in [0.2, 0.25) is 0 Å². The first-order valence-corrected chi connectivity index (χ1v) is 39.5. The van der Waals surface area contributed by atoms with E-state index in [1.165, 1.54) is 42.1 Å². The highest BCUT2D eigenvalue weighted by molar-refractivity contribution is 7.46. The Morgan fingerprint density at radius 3 is 1.59 bits per heavy atom. The number of imide groups is 1. The van der Waals surface area contributed by atoms with E-state index in [1.54, 1.807) is 72.2 Å². The van der Waals surface area contributed by atoms with Crippen LogP contribution in [0.1, 0.15) is 87.3 Å². The Labute approximate surface area is 652 Å². The molecule has 0 unspecified atom stereocenters. The quantitative estimate of drug-likeness (QED) is 0.00933. The highest BCUT2D eigenvalue weighted by Crippen LogP contribution is 2.75. The standard InChI is InChI=1S/C77H96Cl2N9O22P/c1-49(2)69(83-64(90)21-26-102-28-30-104-32-34-106-36-37-107-35-33-105-31-29-103-27-25-86-65(91)19-20-66(86)92)61(89)38-51(10-9-22-81-73(80)96)70(93)82-54-17-15-50(16-18-54)45-108-74(97)84(3)23-24-85(4)75(98)109-62-39-59-67(57-13-7-5-11-55(57)62)52(41-78)43-87(59)71(94)76-46-77(47-76,48-76)72(95)88-44-53(42-79)68-58-14-8-6-12-56(58)63(40-60(68)88)110-111(99,100)101/h5-8,11-20,39-40,49,51-53,69H,9-10,21-38,41-48H2,1-4H3,(H,82,93)(H,83,90)(H3,80,81,96)(H2,99,100,101)/t51-,52-,53-,69+,76?,77?/m1/s1. The molecule has 0 aromatic heterocycles. The number of Topliss-reactive ketones (excluding diaryl/α,β-unsaturated/α-hetero) is 1. The number of carbonyl (C=O) groups excluding carboxylic acids is 10. The molecule has 3 aliphatic heterocycles. The van der Waals surface area contributed by atoms with Crippen LogP contribution < -0.4 is 40.7 Å². The number of carbonyl (C=O) groups is 10. The number of nitrogens with one attached hydrogen (secondary N) is 3. The summed E-state index contributed by atoms with van der Waals surface area (Å²) in [6, 6.07) is 22.4. The molecule has 3 aliphatic carbocycles. The van der Waals surface area contributed by atoms with Gasteiger partial charge in [-0.15, -0.1) is 23.2 Å². The van der Waals surface area contributed by atoms with Gasteiger partial charge in [-0.1, -0.05) is 74.5 Å². The average Bonchev–Trinajstić information content (AvgIpc) is 1.65. The van der Waals surface area contributed by atoms with Crippen molar-refractivity contribution in [3.8, 4) is 11.5 Å². The fourth-order valence-corrected chi connectivity index (χ4v) is 15.6. The summed E-state index contributed by atoms with van der Waals surface area (Å²) in [7, 11) is -1.95. The smallest absolute Gasteiger partial charge is 0.445 e. The lowest BCUT2D eigenvalue weighted by Crippen LogP contribution is -2.73. The number of hydrogen-bond acceptors (Lipinski definition) is 20. The third kappa shape index (κ3) is 21.5. The first-order chi connectivity index (χ1) is 53.2. The molecule has 7 N–H and O–H groups in total. The van der Waals surface area contributed by atoms with E-state index in [4.69, 9.17) is 71.4 Å². The van der Waals surface area contributed by atoms with Crippen molar-refractivity contribution >= 4 is 129 Å². The van der Waals surface area contributed by atoms with E-state index in [9.17, 15) is 62.3 Å². The Bertz CT molecular complexity index is 4260. The van der Waals surface area contributed by atoms with E-state index in [0.29, 0.717) is 98.1 Å². The molecular formula is C77H96Cl2N9O22P. The van der Waals surface area contributed by atoms with Crippen molar-refractivity contribution in [1.82, 2.24) is 25.3 Å². The van der Waals surface area contributed by atoms with Crippen LogP contribution in [-0.2, 0) is 77.9 Å². The van der Waals surface area contributed by atoms with Crippen LogP contribution in [0, 0.1) is 22.7 Å². The van der Waals surface area contributed by atoms with Crippen LogP contribution in [0.3, 0.4) is 0 Å². The van der Waals surface area contributed by atoms with E-state index < -0.39 is 60.6 Å². The van der Waals surface area contributed by atoms with Crippen molar-refractivity contribution in [3.05, 3.63) is 114 Å². The van der Waals surface area contributed by atoms with Gasteiger partial charge in [0, 0.05) is 130 Å². The summed E-state index contributed by atoms with van der Waals surface area (Å²) in [6.07, 6.45) is 2.12. The van der Waals surface area contributed by atoms with Gasteiger partial charge in [0.2, 0.25) is 23.6 Å². The fourth-order valence-electron chi connectivity index (χ4n) is 14.7. The second kappa shape index (κ2) is 39.1. The number of benzene rings is 5. The number of amides is 10. The molecular weight excluding hydrogens is 1500 g/mol. The number of alkyl halides is 2. The number of halogens is 2. The summed E-state index contributed by atoms with van der Waals surface area (Å²) in [5.74, 6) is -3.56. The summed E-state index contributed by atoms with van der Waals surface area (Å²) in [5, 5.41) is 10.7. The van der Waals surface area contributed by atoms with Gasteiger partial charge >= 0.3 is 26.0 Å². The number of nitrogens with two attached hydrogens (primary N) is 1. The minimum absolute atomic E-state index is 0.0306. The number of primary amides is 1. The lowest BCUT2D eigenvalue weighted by molar-refractivity contribution is -0.205. The molecule has 4 atom stereocenters. The molecule has 5 aromatic rings. The summed E-state index contributed by atoms with van der Waals surface area (Å²) in [4.78, 5) is 159. The average molecular weight is 1600 g/mol. The third-order valence-corrected chi connectivity index (χ3v) is 21.5. The zero-order valence-electron chi connectivity index (χ0n) is 62.5. The molecule has 3 heterocycles. The molecule has 600 valence electrons. The number of rotatable bonds is 44. The molecule has 31 nitrogen and oxygen atoms in total. The van der Waals surface area contributed by atoms with Crippen molar-refractivity contribution in [2.45, 2.75) is 83.3 Å². The second-order valence-corrected chi connectivity index (χ2v) is 30.3. The minimum atomic E-state index is -4.99.